The summed E-state index contributed by atoms with van der Waals surface area (Å²) in [5.74, 6) is -1.06. The minimum absolute atomic E-state index is 0.0837. The van der Waals surface area contributed by atoms with Gasteiger partial charge in [-0.15, -0.1) is 0 Å². The minimum Gasteiger partial charge on any atom is -0.478 e. The van der Waals surface area contributed by atoms with E-state index in [0.29, 0.717) is 18.5 Å². The molecule has 2 aromatic rings. The Morgan fingerprint density at radius 1 is 1.10 bits per heavy atom. The molecule has 2 N–H and O–H groups in total. The fourth-order valence-electron chi connectivity index (χ4n) is 2.05. The first-order chi connectivity index (χ1) is 10.0. The normalized spacial score (nSPS) is 10.1. The number of aromatic carboxylic acids is 1. The fourth-order valence-corrected chi connectivity index (χ4v) is 2.05. The molecule has 0 bridgehead atoms. The quantitative estimate of drug-likeness (QED) is 0.885. The number of anilines is 1. The number of amides is 1. The summed E-state index contributed by atoms with van der Waals surface area (Å²) < 4.78 is 0. The summed E-state index contributed by atoms with van der Waals surface area (Å²) in [5, 5.41) is 11.6. The van der Waals surface area contributed by atoms with Gasteiger partial charge in [0.05, 0.1) is 5.56 Å². The molecule has 0 spiro atoms. The van der Waals surface area contributed by atoms with Crippen molar-refractivity contribution < 1.29 is 14.7 Å². The number of aryl methyl sites for hydroxylation is 2. The van der Waals surface area contributed by atoms with E-state index in [1.165, 1.54) is 17.7 Å². The molecule has 0 saturated carbocycles. The van der Waals surface area contributed by atoms with Crippen molar-refractivity contribution in [1.29, 1.82) is 0 Å². The first-order valence-electron chi connectivity index (χ1n) is 6.73. The van der Waals surface area contributed by atoms with Gasteiger partial charge in [-0.05, 0) is 43.2 Å². The van der Waals surface area contributed by atoms with Crippen LogP contribution in [0.25, 0.3) is 0 Å². The van der Waals surface area contributed by atoms with E-state index in [9.17, 15) is 9.59 Å². The summed E-state index contributed by atoms with van der Waals surface area (Å²) in [7, 11) is 0. The predicted molar refractivity (Wildman–Crippen MR) is 81.5 cm³/mol. The first-order valence-corrected chi connectivity index (χ1v) is 6.73. The molecule has 0 aliphatic rings. The van der Waals surface area contributed by atoms with Crippen LogP contribution in [0.3, 0.4) is 0 Å². The SMILES string of the molecule is Cc1cccc(CCC(=O)Nc2ccc(C(=O)O)cc2)c1. The zero-order valence-corrected chi connectivity index (χ0v) is 11.8. The average molecular weight is 283 g/mol. The Bertz CT molecular complexity index is 647. The molecule has 21 heavy (non-hydrogen) atoms. The number of carboxylic acids is 1. The molecule has 0 aromatic heterocycles. The maximum Gasteiger partial charge on any atom is 0.335 e. The van der Waals surface area contributed by atoms with E-state index < -0.39 is 5.97 Å². The first kappa shape index (κ1) is 14.8. The molecule has 0 unspecified atom stereocenters. The lowest BCUT2D eigenvalue weighted by Gasteiger charge is -2.06. The lowest BCUT2D eigenvalue weighted by molar-refractivity contribution is -0.116. The lowest BCUT2D eigenvalue weighted by atomic mass is 10.1. The van der Waals surface area contributed by atoms with Crippen molar-refractivity contribution in [3.8, 4) is 0 Å². The van der Waals surface area contributed by atoms with Gasteiger partial charge in [0.1, 0.15) is 0 Å². The van der Waals surface area contributed by atoms with Crippen LogP contribution in [0.4, 0.5) is 5.69 Å². The van der Waals surface area contributed by atoms with Crippen molar-refractivity contribution >= 4 is 17.6 Å². The molecule has 108 valence electrons. The van der Waals surface area contributed by atoms with E-state index in [1.54, 1.807) is 12.1 Å². The maximum atomic E-state index is 11.9. The van der Waals surface area contributed by atoms with E-state index in [2.05, 4.69) is 11.4 Å². The van der Waals surface area contributed by atoms with Crippen molar-refractivity contribution in [2.24, 2.45) is 0 Å². The highest BCUT2D eigenvalue weighted by atomic mass is 16.4. The van der Waals surface area contributed by atoms with Crippen LogP contribution in [0.15, 0.2) is 48.5 Å². The summed E-state index contributed by atoms with van der Waals surface area (Å²) in [6.45, 7) is 2.02. The molecule has 1 amide bonds. The van der Waals surface area contributed by atoms with Gasteiger partial charge in [0.2, 0.25) is 5.91 Å². The Kier molecular flexibility index (Phi) is 4.72. The van der Waals surface area contributed by atoms with E-state index in [4.69, 9.17) is 5.11 Å². The third-order valence-electron chi connectivity index (χ3n) is 3.14. The van der Waals surface area contributed by atoms with Crippen molar-refractivity contribution in [3.63, 3.8) is 0 Å². The second-order valence-corrected chi connectivity index (χ2v) is 4.92. The monoisotopic (exact) mass is 283 g/mol. The molecule has 0 radical (unpaired) electrons. The number of rotatable bonds is 5. The van der Waals surface area contributed by atoms with Gasteiger partial charge in [0.15, 0.2) is 0 Å². The number of benzene rings is 2. The van der Waals surface area contributed by atoms with Crippen LogP contribution in [0.1, 0.15) is 27.9 Å². The lowest BCUT2D eigenvalue weighted by Crippen LogP contribution is -2.12. The van der Waals surface area contributed by atoms with Gasteiger partial charge in [0, 0.05) is 12.1 Å². The molecule has 0 aliphatic carbocycles. The highest BCUT2D eigenvalue weighted by Crippen LogP contribution is 2.11. The maximum absolute atomic E-state index is 11.9. The van der Waals surface area contributed by atoms with Crippen molar-refractivity contribution in [3.05, 3.63) is 65.2 Å². The Hall–Kier alpha value is -2.62. The molecule has 0 aliphatic heterocycles. The Labute approximate surface area is 123 Å². The average Bonchev–Trinajstić information content (AvgIpc) is 2.46. The molecule has 2 aromatic carbocycles. The molecule has 0 fully saturated rings. The number of carbonyl (C=O) groups is 2. The second-order valence-electron chi connectivity index (χ2n) is 4.92. The molecule has 0 heterocycles. The summed E-state index contributed by atoms with van der Waals surface area (Å²) in [6, 6.07) is 14.2. The summed E-state index contributed by atoms with van der Waals surface area (Å²) in [6.07, 6.45) is 1.07. The Morgan fingerprint density at radius 3 is 2.43 bits per heavy atom. The van der Waals surface area contributed by atoms with E-state index in [-0.39, 0.29) is 11.5 Å². The van der Waals surface area contributed by atoms with Gasteiger partial charge in [-0.25, -0.2) is 4.79 Å². The summed E-state index contributed by atoms with van der Waals surface area (Å²) in [4.78, 5) is 22.6. The number of hydrogen-bond donors (Lipinski definition) is 2. The highest BCUT2D eigenvalue weighted by molar-refractivity contribution is 5.92. The third kappa shape index (κ3) is 4.45. The van der Waals surface area contributed by atoms with Gasteiger partial charge in [0.25, 0.3) is 0 Å². The molecule has 0 saturated heterocycles. The largest absolute Gasteiger partial charge is 0.478 e. The van der Waals surface area contributed by atoms with Crippen LogP contribution in [0, 0.1) is 6.92 Å². The van der Waals surface area contributed by atoms with Crippen LogP contribution in [0.5, 0.6) is 0 Å². The van der Waals surface area contributed by atoms with Crippen molar-refractivity contribution in [2.75, 3.05) is 5.32 Å². The topological polar surface area (TPSA) is 66.4 Å². The number of nitrogens with one attached hydrogen (secondary N) is 1. The Balaban J connectivity index is 1.88. The van der Waals surface area contributed by atoms with Gasteiger partial charge >= 0.3 is 5.97 Å². The van der Waals surface area contributed by atoms with E-state index in [1.807, 2.05) is 25.1 Å². The summed E-state index contributed by atoms with van der Waals surface area (Å²) >= 11 is 0. The van der Waals surface area contributed by atoms with E-state index >= 15 is 0 Å². The van der Waals surface area contributed by atoms with Crippen LogP contribution in [0.2, 0.25) is 0 Å². The van der Waals surface area contributed by atoms with E-state index in [0.717, 1.165) is 5.56 Å². The molecular formula is C17H17NO3. The van der Waals surface area contributed by atoms with Crippen molar-refractivity contribution in [2.45, 2.75) is 19.8 Å². The van der Waals surface area contributed by atoms with Crippen molar-refractivity contribution in [1.82, 2.24) is 0 Å². The number of carboxylic acid groups (broad SMARTS) is 1. The van der Waals surface area contributed by atoms with Gasteiger partial charge in [-0.2, -0.15) is 0 Å². The molecule has 0 atom stereocenters. The smallest absolute Gasteiger partial charge is 0.335 e. The Morgan fingerprint density at radius 2 is 1.81 bits per heavy atom. The van der Waals surface area contributed by atoms with Crippen LogP contribution >= 0.6 is 0 Å². The van der Waals surface area contributed by atoms with Gasteiger partial charge in [-0.1, -0.05) is 29.8 Å². The molecular weight excluding hydrogens is 266 g/mol. The van der Waals surface area contributed by atoms with Crippen LogP contribution in [-0.2, 0) is 11.2 Å². The van der Waals surface area contributed by atoms with Crippen LogP contribution in [-0.4, -0.2) is 17.0 Å². The summed E-state index contributed by atoms with van der Waals surface area (Å²) in [5.41, 5.74) is 3.12. The molecule has 4 heteroatoms. The highest BCUT2D eigenvalue weighted by Gasteiger charge is 2.05. The van der Waals surface area contributed by atoms with Gasteiger partial charge < -0.3 is 10.4 Å². The number of hydrogen-bond acceptors (Lipinski definition) is 2. The predicted octanol–water partition coefficient (Wildman–Crippen LogP) is 3.26. The molecule has 2 rings (SSSR count). The van der Waals surface area contributed by atoms with Gasteiger partial charge in [-0.3, -0.25) is 4.79 Å². The third-order valence-corrected chi connectivity index (χ3v) is 3.14. The van der Waals surface area contributed by atoms with Crippen LogP contribution < -0.4 is 5.32 Å². The number of carbonyl (C=O) groups excluding carboxylic acids is 1. The fraction of sp³-hybridized carbons (Fsp3) is 0.176. The molecule has 4 nitrogen and oxygen atoms in total. The zero-order chi connectivity index (χ0) is 15.2. The standard InChI is InChI=1S/C17H17NO3/c1-12-3-2-4-13(11-12)5-10-16(19)18-15-8-6-14(7-9-15)17(20)21/h2-4,6-9,11H,5,10H2,1H3,(H,18,19)(H,20,21). The minimum atomic E-state index is -0.979. The zero-order valence-electron chi connectivity index (χ0n) is 11.8. The second kappa shape index (κ2) is 6.70.